The Balaban J connectivity index is 1.57. The molecule has 0 amide bonds. The largest absolute Gasteiger partial charge is 0.282 e. The molecule has 1 fully saturated rings. The molecular weight excluding hydrogens is 528 g/mol. The third-order valence-electron chi connectivity index (χ3n) is 7.30. The molecule has 8 heteroatoms. The van der Waals surface area contributed by atoms with Crippen LogP contribution in [0.1, 0.15) is 11.1 Å². The molecule has 1 saturated carbocycles. The molecule has 0 N–H and O–H groups in total. The summed E-state index contributed by atoms with van der Waals surface area (Å²) in [6.45, 7) is 0. The lowest BCUT2D eigenvalue weighted by Gasteiger charge is -2.20. The molecule has 0 aromatic heterocycles. The van der Waals surface area contributed by atoms with E-state index in [9.17, 15) is 16.8 Å². The van der Waals surface area contributed by atoms with Crippen LogP contribution in [-0.4, -0.2) is 28.3 Å². The van der Waals surface area contributed by atoms with Gasteiger partial charge in [-0.25, -0.2) is 0 Å². The summed E-state index contributed by atoms with van der Waals surface area (Å²) in [5, 5.41) is 0. The molecule has 4 aromatic carbocycles. The van der Waals surface area contributed by atoms with Gasteiger partial charge in [0.25, 0.3) is 20.0 Å². The van der Waals surface area contributed by atoms with E-state index in [0.29, 0.717) is 11.4 Å². The molecule has 2 unspecified atom stereocenters. The molecule has 0 bridgehead atoms. The van der Waals surface area contributed by atoms with Crippen molar-refractivity contribution in [2.45, 2.75) is 15.2 Å². The topological polar surface area (TPSA) is 93.0 Å². The average molecular weight is 553 g/mol. The van der Waals surface area contributed by atoms with Crippen LogP contribution < -0.4 is 0 Å². The maximum Gasteiger partial charge on any atom is 0.282 e. The molecular formula is C31H24N2O4S2. The van der Waals surface area contributed by atoms with Crippen LogP contribution in [0.4, 0.5) is 0 Å². The minimum Gasteiger partial charge on any atom is -0.199 e. The Morgan fingerprint density at radius 1 is 0.462 bits per heavy atom. The number of benzene rings is 4. The fraction of sp³-hybridized carbons (Fsp3) is 0.0968. The van der Waals surface area contributed by atoms with Crippen molar-refractivity contribution in [3.63, 3.8) is 0 Å². The third-order valence-corrected chi connectivity index (χ3v) is 9.94. The quantitative estimate of drug-likeness (QED) is 0.318. The van der Waals surface area contributed by atoms with Gasteiger partial charge in [-0.05, 0) is 47.5 Å². The van der Waals surface area contributed by atoms with Crippen LogP contribution in [0.15, 0.2) is 152 Å². The molecule has 0 spiro atoms. The SMILES string of the molecule is O=S(=O)(/N=C1C=C/C(=N\S(=O)(=O)c2ccccc2)C2C\1C2(c1ccccc1)c1ccccc1)c1ccccc1. The molecule has 0 radical (unpaired) electrons. The summed E-state index contributed by atoms with van der Waals surface area (Å²) in [6, 6.07) is 35.6. The van der Waals surface area contributed by atoms with Gasteiger partial charge in [-0.3, -0.25) is 0 Å². The van der Waals surface area contributed by atoms with Crippen LogP contribution in [0.3, 0.4) is 0 Å². The number of allylic oxidation sites excluding steroid dienone is 2. The van der Waals surface area contributed by atoms with Crippen LogP contribution in [0.2, 0.25) is 0 Å². The van der Waals surface area contributed by atoms with Gasteiger partial charge in [0.2, 0.25) is 0 Å². The van der Waals surface area contributed by atoms with Crippen LogP contribution in [0.25, 0.3) is 0 Å². The van der Waals surface area contributed by atoms with Crippen molar-refractivity contribution in [1.82, 2.24) is 0 Å². The number of hydrogen-bond donors (Lipinski definition) is 0. The number of sulfonamides is 2. The minimum absolute atomic E-state index is 0.0965. The minimum atomic E-state index is -4.00. The van der Waals surface area contributed by atoms with Crippen LogP contribution in [0.5, 0.6) is 0 Å². The van der Waals surface area contributed by atoms with E-state index in [4.69, 9.17) is 0 Å². The van der Waals surface area contributed by atoms with Gasteiger partial charge in [-0.1, -0.05) is 97.1 Å². The Morgan fingerprint density at radius 3 is 1.10 bits per heavy atom. The zero-order valence-corrected chi connectivity index (χ0v) is 22.3. The first-order valence-corrected chi connectivity index (χ1v) is 15.3. The fourth-order valence-electron chi connectivity index (χ4n) is 5.63. The van der Waals surface area contributed by atoms with Crippen LogP contribution in [0, 0.1) is 11.8 Å². The molecule has 194 valence electrons. The molecule has 2 atom stereocenters. The van der Waals surface area contributed by atoms with E-state index < -0.39 is 37.3 Å². The molecule has 2 aliphatic carbocycles. The summed E-state index contributed by atoms with van der Waals surface area (Å²) >= 11 is 0. The Hall–Kier alpha value is -4.14. The lowest BCUT2D eigenvalue weighted by molar-refractivity contribution is 0.596. The highest BCUT2D eigenvalue weighted by Gasteiger charge is 2.70. The van der Waals surface area contributed by atoms with E-state index in [1.54, 1.807) is 48.6 Å². The monoisotopic (exact) mass is 552 g/mol. The lowest BCUT2D eigenvalue weighted by Crippen LogP contribution is -2.17. The van der Waals surface area contributed by atoms with Gasteiger partial charge < -0.3 is 0 Å². The van der Waals surface area contributed by atoms with Gasteiger partial charge in [-0.15, -0.1) is 0 Å². The second-order valence-corrected chi connectivity index (χ2v) is 12.7. The van der Waals surface area contributed by atoms with Crippen molar-refractivity contribution < 1.29 is 16.8 Å². The number of hydrogen-bond acceptors (Lipinski definition) is 4. The molecule has 2 aliphatic rings. The fourth-order valence-corrected chi connectivity index (χ4v) is 7.75. The number of fused-ring (bicyclic) bond motifs is 1. The normalized spacial score (nSPS) is 21.9. The first kappa shape index (κ1) is 25.2. The maximum absolute atomic E-state index is 13.3. The van der Waals surface area contributed by atoms with Crippen LogP contribution >= 0.6 is 0 Å². The Labute approximate surface area is 228 Å². The van der Waals surface area contributed by atoms with Gasteiger partial charge in [0, 0.05) is 17.3 Å². The van der Waals surface area contributed by atoms with Crippen molar-refractivity contribution in [1.29, 1.82) is 0 Å². The molecule has 39 heavy (non-hydrogen) atoms. The summed E-state index contributed by atoms with van der Waals surface area (Å²) in [5.41, 5.74) is 1.86. The van der Waals surface area contributed by atoms with E-state index in [1.807, 2.05) is 60.7 Å². The standard InChI is InChI=1S/C31H24N2O4S2/c34-38(35,25-17-9-3-10-18-25)32-27-21-22-28(33-39(36,37)26-19-11-4-12-20-26)30-29(27)31(30,23-13-5-1-6-14-23)24-15-7-2-8-16-24/h1-22,29-30H/b32-27+,33-28+. The Morgan fingerprint density at radius 2 is 0.769 bits per heavy atom. The predicted molar refractivity (Wildman–Crippen MR) is 152 cm³/mol. The Bertz CT molecular complexity index is 1680. The molecule has 0 saturated heterocycles. The summed E-state index contributed by atoms with van der Waals surface area (Å²) in [4.78, 5) is 0.193. The van der Waals surface area contributed by atoms with Gasteiger partial charge in [0.1, 0.15) is 0 Å². The van der Waals surface area contributed by atoms with Gasteiger partial charge >= 0.3 is 0 Å². The van der Waals surface area contributed by atoms with E-state index in [2.05, 4.69) is 8.80 Å². The van der Waals surface area contributed by atoms with Crippen molar-refractivity contribution >= 4 is 31.5 Å². The zero-order valence-electron chi connectivity index (χ0n) is 20.7. The highest BCUT2D eigenvalue weighted by molar-refractivity contribution is 7.90. The summed E-state index contributed by atoms with van der Waals surface area (Å²) in [7, 11) is -8.00. The van der Waals surface area contributed by atoms with Crippen molar-refractivity contribution in [3.05, 3.63) is 145 Å². The van der Waals surface area contributed by atoms with E-state index >= 15 is 0 Å². The molecule has 6 nitrogen and oxygen atoms in total. The first-order chi connectivity index (χ1) is 18.8. The van der Waals surface area contributed by atoms with E-state index in [0.717, 1.165) is 11.1 Å². The first-order valence-electron chi connectivity index (χ1n) is 12.4. The van der Waals surface area contributed by atoms with Crippen LogP contribution in [-0.2, 0) is 25.5 Å². The van der Waals surface area contributed by atoms with Crippen molar-refractivity contribution in [2.75, 3.05) is 0 Å². The lowest BCUT2D eigenvalue weighted by atomic mass is 9.83. The molecule has 0 aliphatic heterocycles. The van der Waals surface area contributed by atoms with E-state index in [1.165, 1.54) is 24.3 Å². The van der Waals surface area contributed by atoms with Gasteiger partial charge in [-0.2, -0.15) is 25.6 Å². The number of nitrogens with zero attached hydrogens (tertiary/aromatic N) is 2. The van der Waals surface area contributed by atoms with Gasteiger partial charge in [0.15, 0.2) is 0 Å². The Kier molecular flexibility index (Phi) is 6.16. The second kappa shape index (κ2) is 9.55. The second-order valence-electron chi connectivity index (χ2n) is 9.50. The molecule has 0 heterocycles. The van der Waals surface area contributed by atoms with Crippen molar-refractivity contribution in [3.8, 4) is 0 Å². The summed E-state index contributed by atoms with van der Waals surface area (Å²) in [5.74, 6) is -0.869. The highest BCUT2D eigenvalue weighted by atomic mass is 32.2. The summed E-state index contributed by atoms with van der Waals surface area (Å²) < 4.78 is 61.8. The molecule has 4 aromatic rings. The molecule has 6 rings (SSSR count). The highest BCUT2D eigenvalue weighted by Crippen LogP contribution is 2.66. The van der Waals surface area contributed by atoms with Gasteiger partial charge in [0.05, 0.1) is 21.2 Å². The third kappa shape index (κ3) is 4.35. The maximum atomic E-state index is 13.3. The van der Waals surface area contributed by atoms with Crippen molar-refractivity contribution in [2.24, 2.45) is 20.6 Å². The average Bonchev–Trinajstić information content (AvgIpc) is 3.68. The predicted octanol–water partition coefficient (Wildman–Crippen LogP) is 5.45. The zero-order chi connectivity index (χ0) is 27.1. The summed E-state index contributed by atoms with van der Waals surface area (Å²) in [6.07, 6.45) is 3.18. The number of rotatable bonds is 6. The smallest absolute Gasteiger partial charge is 0.199 e. The van der Waals surface area contributed by atoms with E-state index in [-0.39, 0.29) is 9.79 Å².